The summed E-state index contributed by atoms with van der Waals surface area (Å²) in [6, 6.07) is 16.9. The molecule has 0 aliphatic rings. The number of methoxy groups -OCH3 is 2. The van der Waals surface area contributed by atoms with E-state index in [1.165, 1.54) is 38.6 Å². The topological polar surface area (TPSA) is 114 Å². The van der Waals surface area contributed by atoms with Gasteiger partial charge in [-0.3, -0.25) is 15.1 Å². The number of benzene rings is 3. The van der Waals surface area contributed by atoms with E-state index in [-0.39, 0.29) is 34.1 Å². The zero-order valence-corrected chi connectivity index (χ0v) is 19.2. The largest absolute Gasteiger partial charge is 0.507 e. The molecule has 1 radical (unpaired) electrons. The van der Waals surface area contributed by atoms with Crippen LogP contribution in [0.15, 0.2) is 71.7 Å². The van der Waals surface area contributed by atoms with Gasteiger partial charge >= 0.3 is 0 Å². The molecular formula is C24H24CuN2O6. The van der Waals surface area contributed by atoms with E-state index in [9.17, 15) is 20.3 Å². The molecule has 9 heteroatoms. The van der Waals surface area contributed by atoms with Crippen LogP contribution in [0, 0.1) is 10.1 Å². The number of hydrogen-bond donors (Lipinski definition) is 2. The molecule has 3 rings (SSSR count). The molecule has 0 spiro atoms. The number of nitro benzene ring substituents is 1. The second-order valence-electron chi connectivity index (χ2n) is 7.12. The number of phenolic OH excluding ortho intramolecular Hbond substituents is 1. The smallest absolute Gasteiger partial charge is 0.270 e. The third-order valence-corrected chi connectivity index (χ3v) is 5.30. The summed E-state index contributed by atoms with van der Waals surface area (Å²) in [5.41, 5.74) is -0.749. The van der Waals surface area contributed by atoms with Crippen molar-refractivity contribution in [3.05, 3.63) is 93.5 Å². The van der Waals surface area contributed by atoms with Crippen LogP contribution in [0.4, 0.5) is 5.69 Å². The first-order valence-corrected chi connectivity index (χ1v) is 9.82. The minimum Gasteiger partial charge on any atom is -0.507 e. The summed E-state index contributed by atoms with van der Waals surface area (Å²) in [7, 11) is 3.02. The number of nitrogens with zero attached hydrogens (tertiary/aromatic N) is 2. The number of aromatic hydroxyl groups is 1. The van der Waals surface area contributed by atoms with Crippen LogP contribution in [0.3, 0.4) is 0 Å². The van der Waals surface area contributed by atoms with Crippen molar-refractivity contribution >= 4 is 11.9 Å². The summed E-state index contributed by atoms with van der Waals surface area (Å²) in [5, 5.41) is 33.3. The molecule has 3 aromatic rings. The minimum atomic E-state index is -1.67. The minimum absolute atomic E-state index is 0. The third-order valence-electron chi connectivity index (χ3n) is 5.30. The van der Waals surface area contributed by atoms with E-state index in [1.807, 2.05) is 0 Å². The molecule has 8 nitrogen and oxygen atoms in total. The number of para-hydroxylation sites is 2. The number of phenols is 1. The number of aliphatic hydroxyl groups is 1. The van der Waals surface area contributed by atoms with Crippen LogP contribution in [0.25, 0.3) is 0 Å². The average Bonchev–Trinajstić information content (AvgIpc) is 2.82. The fourth-order valence-electron chi connectivity index (χ4n) is 3.57. The molecule has 0 aliphatic carbocycles. The van der Waals surface area contributed by atoms with Gasteiger partial charge in [0, 0.05) is 52.1 Å². The fourth-order valence-corrected chi connectivity index (χ4v) is 3.57. The van der Waals surface area contributed by atoms with Crippen molar-refractivity contribution in [1.82, 2.24) is 0 Å². The molecule has 0 saturated heterocycles. The predicted octanol–water partition coefficient (Wildman–Crippen LogP) is 4.06. The number of aliphatic imine (C=N–C) groups is 1. The first kappa shape index (κ1) is 25.9. The zero-order valence-electron chi connectivity index (χ0n) is 18.2. The molecule has 0 saturated carbocycles. The molecule has 177 valence electrons. The van der Waals surface area contributed by atoms with E-state index in [0.717, 1.165) is 0 Å². The van der Waals surface area contributed by atoms with Crippen LogP contribution in [0.5, 0.6) is 17.2 Å². The molecule has 0 heterocycles. The van der Waals surface area contributed by atoms with Gasteiger partial charge in [-0.25, -0.2) is 0 Å². The molecule has 0 fully saturated rings. The maximum absolute atomic E-state index is 12.1. The van der Waals surface area contributed by atoms with Crippen LogP contribution in [0.2, 0.25) is 0 Å². The van der Waals surface area contributed by atoms with Crippen LogP contribution < -0.4 is 9.47 Å². The van der Waals surface area contributed by atoms with Gasteiger partial charge < -0.3 is 19.7 Å². The standard InChI is InChI=1S/C24H24N2O6.Cu/c1-16(25-15-17-14-18(26(29)30)12-13-21(17)27)24(28,19-8-4-6-10-22(19)31-2)20-9-5-7-11-23(20)32-3;/h4-16,27-28H,1-3H3;/t16-;/m1./s1. The Labute approximate surface area is 202 Å². The van der Waals surface area contributed by atoms with Crippen LogP contribution in [0.1, 0.15) is 23.6 Å². The summed E-state index contributed by atoms with van der Waals surface area (Å²) in [6.07, 6.45) is 1.31. The first-order valence-electron chi connectivity index (χ1n) is 9.82. The van der Waals surface area contributed by atoms with Gasteiger partial charge in [0.05, 0.1) is 25.2 Å². The van der Waals surface area contributed by atoms with Crippen molar-refractivity contribution < 1.29 is 41.7 Å². The van der Waals surface area contributed by atoms with E-state index < -0.39 is 16.6 Å². The van der Waals surface area contributed by atoms with Crippen molar-refractivity contribution in [3.8, 4) is 17.2 Å². The Bertz CT molecular complexity index is 1100. The number of non-ortho nitro benzene ring substituents is 1. The number of nitro groups is 1. The predicted molar refractivity (Wildman–Crippen MR) is 121 cm³/mol. The van der Waals surface area contributed by atoms with Crippen LogP contribution in [-0.2, 0) is 22.7 Å². The quantitative estimate of drug-likeness (QED) is 0.209. The Hall–Kier alpha value is -3.39. The number of hydrogen-bond acceptors (Lipinski definition) is 7. The van der Waals surface area contributed by atoms with Crippen molar-refractivity contribution in [2.24, 2.45) is 4.99 Å². The Morgan fingerprint density at radius 1 is 1.00 bits per heavy atom. The van der Waals surface area contributed by atoms with Gasteiger partial charge in [-0.05, 0) is 25.1 Å². The molecule has 3 aromatic carbocycles. The van der Waals surface area contributed by atoms with Gasteiger partial charge in [-0.2, -0.15) is 0 Å². The molecule has 0 amide bonds. The number of ether oxygens (including phenoxy) is 2. The maximum Gasteiger partial charge on any atom is 0.270 e. The summed E-state index contributed by atoms with van der Waals surface area (Å²) >= 11 is 0. The van der Waals surface area contributed by atoms with Gasteiger partial charge in [-0.15, -0.1) is 0 Å². The summed E-state index contributed by atoms with van der Waals surface area (Å²) in [5.74, 6) is 0.756. The Kier molecular flexibility index (Phi) is 8.59. The molecular weight excluding hydrogens is 476 g/mol. The van der Waals surface area contributed by atoms with Gasteiger partial charge in [0.1, 0.15) is 22.8 Å². The average molecular weight is 500 g/mol. The molecule has 0 bridgehead atoms. The number of rotatable bonds is 8. The van der Waals surface area contributed by atoms with Gasteiger partial charge in [0.15, 0.2) is 0 Å². The van der Waals surface area contributed by atoms with E-state index >= 15 is 0 Å². The van der Waals surface area contributed by atoms with Crippen molar-refractivity contribution in [2.45, 2.75) is 18.6 Å². The Morgan fingerprint density at radius 3 is 2.00 bits per heavy atom. The van der Waals surface area contributed by atoms with E-state index in [0.29, 0.717) is 22.6 Å². The summed E-state index contributed by atoms with van der Waals surface area (Å²) in [4.78, 5) is 15.0. The van der Waals surface area contributed by atoms with Crippen molar-refractivity contribution in [1.29, 1.82) is 0 Å². The zero-order chi connectivity index (χ0) is 23.3. The van der Waals surface area contributed by atoms with Crippen LogP contribution in [-0.4, -0.2) is 41.6 Å². The van der Waals surface area contributed by atoms with E-state index in [4.69, 9.17) is 9.47 Å². The van der Waals surface area contributed by atoms with Gasteiger partial charge in [0.2, 0.25) is 0 Å². The molecule has 0 unspecified atom stereocenters. The van der Waals surface area contributed by atoms with Gasteiger partial charge in [-0.1, -0.05) is 36.4 Å². The second-order valence-corrected chi connectivity index (χ2v) is 7.12. The Balaban J connectivity index is 0.00000385. The molecule has 33 heavy (non-hydrogen) atoms. The monoisotopic (exact) mass is 499 g/mol. The first-order chi connectivity index (χ1) is 15.3. The van der Waals surface area contributed by atoms with E-state index in [2.05, 4.69) is 4.99 Å². The summed E-state index contributed by atoms with van der Waals surface area (Å²) < 4.78 is 11.0. The Morgan fingerprint density at radius 2 is 1.52 bits per heavy atom. The molecule has 2 N–H and O–H groups in total. The molecule has 0 aromatic heterocycles. The third kappa shape index (κ3) is 5.17. The maximum atomic E-state index is 12.1. The molecule has 1 atom stereocenters. The van der Waals surface area contributed by atoms with Crippen molar-refractivity contribution in [2.75, 3.05) is 14.2 Å². The fraction of sp³-hybridized carbons (Fsp3) is 0.208. The second kappa shape index (κ2) is 11.0. The SMILES string of the molecule is COc1ccccc1C(O)(c1ccccc1OC)[C@@H](C)N=Cc1cc([N+](=O)[O-])ccc1O.[Cu]. The van der Waals surface area contributed by atoms with Crippen molar-refractivity contribution in [3.63, 3.8) is 0 Å². The van der Waals surface area contributed by atoms with E-state index in [1.54, 1.807) is 55.5 Å². The van der Waals surface area contributed by atoms with Gasteiger partial charge in [0.25, 0.3) is 5.69 Å². The van der Waals surface area contributed by atoms with Crippen LogP contribution >= 0.6 is 0 Å². The normalized spacial score (nSPS) is 12.1. The summed E-state index contributed by atoms with van der Waals surface area (Å²) in [6.45, 7) is 1.70. The molecule has 0 aliphatic heterocycles.